The van der Waals surface area contributed by atoms with Gasteiger partial charge in [-0.1, -0.05) is 0 Å². The summed E-state index contributed by atoms with van der Waals surface area (Å²) in [6, 6.07) is 3.11. The molecule has 0 saturated heterocycles. The van der Waals surface area contributed by atoms with Crippen molar-refractivity contribution in [3.8, 4) is 11.8 Å². The van der Waals surface area contributed by atoms with Gasteiger partial charge in [0.25, 0.3) is 5.69 Å². The molecular weight excluding hydrogens is 354 g/mol. The Morgan fingerprint density at radius 1 is 1.48 bits per heavy atom. The highest BCUT2D eigenvalue weighted by atomic mass is 16.6. The Kier molecular flexibility index (Phi) is 5.40. The topological polar surface area (TPSA) is 149 Å². The number of nitrogens with two attached hydrogens (primary N) is 1. The molecule has 0 amide bonds. The Morgan fingerprint density at radius 2 is 2.11 bits per heavy atom. The summed E-state index contributed by atoms with van der Waals surface area (Å²) in [5.41, 5.74) is 5.78. The van der Waals surface area contributed by atoms with Gasteiger partial charge < -0.3 is 20.3 Å². The molecule has 27 heavy (non-hydrogen) atoms. The molecule has 1 atom stereocenters. The molecule has 2 rings (SSSR count). The van der Waals surface area contributed by atoms with Gasteiger partial charge in [-0.2, -0.15) is 5.26 Å². The third-order valence-electron chi connectivity index (χ3n) is 4.36. The van der Waals surface area contributed by atoms with Gasteiger partial charge in [0.15, 0.2) is 0 Å². The first-order chi connectivity index (χ1) is 12.6. The minimum Gasteiger partial charge on any atom is -0.507 e. The Labute approximate surface area is 155 Å². The number of nitriles is 1. The van der Waals surface area contributed by atoms with Crippen molar-refractivity contribution in [2.75, 3.05) is 6.61 Å². The molecule has 0 bridgehead atoms. The minimum absolute atomic E-state index is 0.0408. The number of allylic oxidation sites excluding steroid dienone is 2. The van der Waals surface area contributed by atoms with Crippen molar-refractivity contribution >= 4 is 11.7 Å². The number of ether oxygens (including phenoxy) is 2. The minimum atomic E-state index is -1.15. The van der Waals surface area contributed by atoms with Crippen LogP contribution in [0.1, 0.15) is 36.5 Å². The van der Waals surface area contributed by atoms with Crippen LogP contribution in [-0.4, -0.2) is 22.6 Å². The highest BCUT2D eigenvalue weighted by Gasteiger charge is 2.40. The lowest BCUT2D eigenvalue weighted by atomic mass is 9.79. The summed E-state index contributed by atoms with van der Waals surface area (Å²) in [6.45, 7) is 6.08. The Morgan fingerprint density at radius 3 is 2.63 bits per heavy atom. The van der Waals surface area contributed by atoms with Crippen molar-refractivity contribution < 1.29 is 24.3 Å². The lowest BCUT2D eigenvalue weighted by Gasteiger charge is -2.28. The van der Waals surface area contributed by atoms with E-state index < -0.39 is 16.8 Å². The van der Waals surface area contributed by atoms with Gasteiger partial charge in [-0.05, 0) is 33.3 Å². The van der Waals surface area contributed by atoms with Gasteiger partial charge in [-0.3, -0.25) is 10.1 Å². The second-order valence-electron chi connectivity index (χ2n) is 5.97. The summed E-state index contributed by atoms with van der Waals surface area (Å²) in [6.07, 6.45) is 0. The van der Waals surface area contributed by atoms with Crippen LogP contribution in [0.25, 0.3) is 0 Å². The quantitative estimate of drug-likeness (QED) is 0.464. The Hall–Kier alpha value is -3.54. The molecule has 142 valence electrons. The van der Waals surface area contributed by atoms with E-state index in [2.05, 4.69) is 0 Å². The number of nitro groups is 1. The Balaban J connectivity index is 2.90. The molecule has 0 aliphatic carbocycles. The molecule has 1 heterocycles. The molecule has 1 aromatic rings. The van der Waals surface area contributed by atoms with E-state index in [1.807, 2.05) is 6.07 Å². The predicted molar refractivity (Wildman–Crippen MR) is 94.2 cm³/mol. The van der Waals surface area contributed by atoms with Gasteiger partial charge in [0.05, 0.1) is 23.0 Å². The van der Waals surface area contributed by atoms with Crippen molar-refractivity contribution in [3.63, 3.8) is 0 Å². The van der Waals surface area contributed by atoms with Gasteiger partial charge >= 0.3 is 5.97 Å². The second-order valence-corrected chi connectivity index (χ2v) is 5.97. The van der Waals surface area contributed by atoms with Gasteiger partial charge in [0.2, 0.25) is 5.88 Å². The third-order valence-corrected chi connectivity index (χ3v) is 4.36. The number of nitrogens with zero attached hydrogens (tertiary/aromatic N) is 2. The number of phenols is 1. The van der Waals surface area contributed by atoms with Crippen molar-refractivity contribution in [2.45, 2.75) is 33.6 Å². The van der Waals surface area contributed by atoms with E-state index in [-0.39, 0.29) is 57.5 Å². The molecule has 9 nitrogen and oxygen atoms in total. The molecule has 3 N–H and O–H groups in total. The largest absolute Gasteiger partial charge is 0.507 e. The van der Waals surface area contributed by atoms with E-state index >= 15 is 0 Å². The zero-order valence-electron chi connectivity index (χ0n) is 15.3. The van der Waals surface area contributed by atoms with Gasteiger partial charge in [0, 0.05) is 17.2 Å². The van der Waals surface area contributed by atoms with Gasteiger partial charge in [-0.25, -0.2) is 4.79 Å². The maximum absolute atomic E-state index is 12.5. The Bertz CT molecular complexity index is 939. The van der Waals surface area contributed by atoms with Crippen molar-refractivity contribution in [3.05, 3.63) is 55.7 Å². The molecule has 0 aromatic heterocycles. The number of carbonyl (C=O) groups excluding carboxylic acids is 1. The number of nitro benzene ring substituents is 1. The maximum atomic E-state index is 12.5. The normalized spacial score (nSPS) is 16.6. The van der Waals surface area contributed by atoms with Crippen LogP contribution in [0.5, 0.6) is 5.75 Å². The van der Waals surface area contributed by atoms with Crippen LogP contribution < -0.4 is 5.73 Å². The molecule has 0 fully saturated rings. The number of carbonyl (C=O) groups is 1. The SMILES string of the molecule is CCOC(=O)C1=C(C)OC(N)=C(C#N)C1c1c(C)c([N+](=O)[O-])cc(C)c1O. The maximum Gasteiger partial charge on any atom is 0.338 e. The summed E-state index contributed by atoms with van der Waals surface area (Å²) in [5, 5.41) is 31.6. The average molecular weight is 373 g/mol. The lowest BCUT2D eigenvalue weighted by molar-refractivity contribution is -0.385. The smallest absolute Gasteiger partial charge is 0.338 e. The molecule has 1 aliphatic rings. The lowest BCUT2D eigenvalue weighted by Crippen LogP contribution is -2.26. The number of phenolic OH excluding ortho intramolecular Hbond substituents is 1. The van der Waals surface area contributed by atoms with Crippen molar-refractivity contribution in [2.24, 2.45) is 5.73 Å². The fraction of sp³-hybridized carbons (Fsp3) is 0.333. The summed E-state index contributed by atoms with van der Waals surface area (Å²) >= 11 is 0. The molecule has 0 saturated carbocycles. The third kappa shape index (κ3) is 3.29. The number of esters is 1. The monoisotopic (exact) mass is 373 g/mol. The summed E-state index contributed by atoms with van der Waals surface area (Å²) in [5.74, 6) is -2.32. The van der Waals surface area contributed by atoms with E-state index in [0.717, 1.165) is 0 Å². The molecule has 1 unspecified atom stereocenters. The van der Waals surface area contributed by atoms with Crippen LogP contribution in [0.4, 0.5) is 5.69 Å². The molecule has 0 radical (unpaired) electrons. The van der Waals surface area contributed by atoms with E-state index in [1.54, 1.807) is 6.92 Å². The van der Waals surface area contributed by atoms with Crippen LogP contribution in [-0.2, 0) is 14.3 Å². The fourth-order valence-corrected chi connectivity index (χ4v) is 3.10. The average Bonchev–Trinajstić information content (AvgIpc) is 2.58. The number of rotatable bonds is 4. The highest BCUT2D eigenvalue weighted by molar-refractivity contribution is 5.93. The summed E-state index contributed by atoms with van der Waals surface area (Å²) in [7, 11) is 0. The first-order valence-electron chi connectivity index (χ1n) is 8.08. The van der Waals surface area contributed by atoms with E-state index in [9.17, 15) is 25.3 Å². The first-order valence-corrected chi connectivity index (χ1v) is 8.08. The zero-order valence-corrected chi connectivity index (χ0v) is 15.3. The van der Waals surface area contributed by atoms with Gasteiger partial charge in [-0.15, -0.1) is 0 Å². The van der Waals surface area contributed by atoms with Crippen LogP contribution in [0, 0.1) is 35.3 Å². The molecule has 9 heteroatoms. The first kappa shape index (κ1) is 19.8. The number of hydrogen-bond donors (Lipinski definition) is 2. The predicted octanol–water partition coefficient (Wildman–Crippen LogP) is 2.56. The van der Waals surface area contributed by atoms with Crippen LogP contribution >= 0.6 is 0 Å². The zero-order chi connectivity index (χ0) is 20.5. The van der Waals surface area contributed by atoms with E-state index in [0.29, 0.717) is 0 Å². The fourth-order valence-electron chi connectivity index (χ4n) is 3.10. The molecule has 1 aromatic carbocycles. The van der Waals surface area contributed by atoms with Crippen LogP contribution in [0.3, 0.4) is 0 Å². The number of hydrogen-bond acceptors (Lipinski definition) is 8. The standard InChI is InChI=1S/C18H19N3O6/c1-5-26-18(23)14-10(4)27-17(20)11(7-19)15(14)13-9(3)12(21(24)25)6-8(2)16(13)22/h6,15,22H,5,20H2,1-4H3. The molecule has 1 aliphatic heterocycles. The van der Waals surface area contributed by atoms with E-state index in [4.69, 9.17) is 15.2 Å². The van der Waals surface area contributed by atoms with E-state index in [1.165, 1.54) is 26.8 Å². The number of aromatic hydroxyl groups is 1. The second kappa shape index (κ2) is 7.37. The number of aryl methyl sites for hydroxylation is 1. The number of benzene rings is 1. The summed E-state index contributed by atoms with van der Waals surface area (Å²) in [4.78, 5) is 23.4. The summed E-state index contributed by atoms with van der Waals surface area (Å²) < 4.78 is 10.4. The van der Waals surface area contributed by atoms with Crippen molar-refractivity contribution in [1.82, 2.24) is 0 Å². The molecule has 0 spiro atoms. The molecular formula is C18H19N3O6. The van der Waals surface area contributed by atoms with Crippen LogP contribution in [0.2, 0.25) is 0 Å². The van der Waals surface area contributed by atoms with Crippen LogP contribution in [0.15, 0.2) is 28.9 Å². The van der Waals surface area contributed by atoms with Crippen molar-refractivity contribution in [1.29, 1.82) is 5.26 Å². The van der Waals surface area contributed by atoms with Gasteiger partial charge in [0.1, 0.15) is 23.2 Å². The highest BCUT2D eigenvalue weighted by Crippen LogP contribution is 2.47.